The molecule has 1 atom stereocenters. The van der Waals surface area contributed by atoms with Crippen LogP contribution in [0.2, 0.25) is 0 Å². The SMILES string of the molecule is COc1cccc(C)c1N1C(=O)N[C@@H](CC(F)(F)F)C1=O. The summed E-state index contributed by atoms with van der Waals surface area (Å²) < 4.78 is 42.3. The first-order valence-corrected chi connectivity index (χ1v) is 6.09. The zero-order chi connectivity index (χ0) is 15.8. The number of ether oxygens (including phenoxy) is 1. The zero-order valence-corrected chi connectivity index (χ0v) is 11.3. The molecule has 1 N–H and O–H groups in total. The molecule has 1 aromatic carbocycles. The van der Waals surface area contributed by atoms with Crippen LogP contribution >= 0.6 is 0 Å². The average molecular weight is 302 g/mol. The Balaban J connectivity index is 2.38. The largest absolute Gasteiger partial charge is 0.495 e. The minimum absolute atomic E-state index is 0.159. The summed E-state index contributed by atoms with van der Waals surface area (Å²) in [4.78, 5) is 24.7. The third kappa shape index (κ3) is 2.93. The molecule has 0 aliphatic carbocycles. The van der Waals surface area contributed by atoms with Crippen molar-refractivity contribution < 1.29 is 27.5 Å². The van der Waals surface area contributed by atoms with Gasteiger partial charge in [-0.15, -0.1) is 0 Å². The van der Waals surface area contributed by atoms with Gasteiger partial charge in [-0.3, -0.25) is 4.79 Å². The van der Waals surface area contributed by atoms with Crippen LogP contribution in [0.15, 0.2) is 18.2 Å². The van der Waals surface area contributed by atoms with Crippen molar-refractivity contribution in [1.29, 1.82) is 0 Å². The van der Waals surface area contributed by atoms with Gasteiger partial charge in [-0.2, -0.15) is 13.2 Å². The Bertz CT molecular complexity index is 587. The van der Waals surface area contributed by atoms with Gasteiger partial charge in [-0.05, 0) is 18.6 Å². The van der Waals surface area contributed by atoms with Gasteiger partial charge in [-0.1, -0.05) is 12.1 Å². The summed E-state index contributed by atoms with van der Waals surface area (Å²) in [5.74, 6) is -0.698. The molecular formula is C13H13F3N2O3. The van der Waals surface area contributed by atoms with Crippen molar-refractivity contribution in [3.8, 4) is 5.75 Å². The van der Waals surface area contributed by atoms with Crippen LogP contribution in [0, 0.1) is 6.92 Å². The molecule has 0 spiro atoms. The van der Waals surface area contributed by atoms with Crippen molar-refractivity contribution in [1.82, 2.24) is 5.32 Å². The molecule has 8 heteroatoms. The molecule has 114 valence electrons. The summed E-state index contributed by atoms with van der Waals surface area (Å²) in [5, 5.41) is 2.05. The molecule has 1 heterocycles. The van der Waals surface area contributed by atoms with Crippen molar-refractivity contribution >= 4 is 17.6 Å². The minimum atomic E-state index is -4.54. The van der Waals surface area contributed by atoms with Crippen molar-refractivity contribution in [2.75, 3.05) is 12.0 Å². The Morgan fingerprint density at radius 1 is 1.33 bits per heavy atom. The van der Waals surface area contributed by atoms with Gasteiger partial charge in [0, 0.05) is 0 Å². The molecular weight excluding hydrogens is 289 g/mol. The second kappa shape index (κ2) is 5.27. The van der Waals surface area contributed by atoms with E-state index in [9.17, 15) is 22.8 Å². The van der Waals surface area contributed by atoms with E-state index in [0.29, 0.717) is 10.5 Å². The van der Waals surface area contributed by atoms with Gasteiger partial charge in [0.15, 0.2) is 0 Å². The van der Waals surface area contributed by atoms with E-state index < -0.39 is 30.6 Å². The van der Waals surface area contributed by atoms with Crippen LogP contribution in [0.4, 0.5) is 23.7 Å². The van der Waals surface area contributed by atoms with E-state index in [4.69, 9.17) is 4.74 Å². The van der Waals surface area contributed by atoms with E-state index in [0.717, 1.165) is 0 Å². The van der Waals surface area contributed by atoms with Gasteiger partial charge in [0.1, 0.15) is 11.8 Å². The first-order valence-electron chi connectivity index (χ1n) is 6.09. The number of anilines is 1. The smallest absolute Gasteiger partial charge is 0.391 e. The zero-order valence-electron chi connectivity index (χ0n) is 11.3. The van der Waals surface area contributed by atoms with Crippen LogP contribution in [0.3, 0.4) is 0 Å². The molecule has 1 aromatic rings. The third-order valence-corrected chi connectivity index (χ3v) is 3.10. The number of hydrogen-bond acceptors (Lipinski definition) is 3. The molecule has 1 aliphatic rings. The number of aryl methyl sites for hydroxylation is 1. The lowest BCUT2D eigenvalue weighted by molar-refractivity contribution is -0.145. The number of methoxy groups -OCH3 is 1. The van der Waals surface area contributed by atoms with Gasteiger partial charge in [0.05, 0.1) is 19.2 Å². The number of para-hydroxylation sites is 1. The summed E-state index contributed by atoms with van der Waals surface area (Å²) in [7, 11) is 1.35. The predicted octanol–water partition coefficient (Wildman–Crippen LogP) is 2.38. The number of carbonyl (C=O) groups excluding carboxylic acids is 2. The number of halogens is 3. The number of hydrogen-bond donors (Lipinski definition) is 1. The number of carbonyl (C=O) groups is 2. The standard InChI is InChI=1S/C13H13F3N2O3/c1-7-4-3-5-9(21-2)10(7)18-11(19)8(17-12(18)20)6-13(14,15)16/h3-5,8H,6H2,1-2H3,(H,17,20)/t8-/m0/s1. The summed E-state index contributed by atoms with van der Waals surface area (Å²) in [5.41, 5.74) is 0.706. The first-order chi connectivity index (χ1) is 9.74. The number of alkyl halides is 3. The number of rotatable bonds is 3. The Morgan fingerprint density at radius 3 is 2.57 bits per heavy atom. The quantitative estimate of drug-likeness (QED) is 0.872. The Kier molecular flexibility index (Phi) is 3.80. The Labute approximate surface area is 118 Å². The van der Waals surface area contributed by atoms with Crippen LogP contribution in [-0.2, 0) is 4.79 Å². The van der Waals surface area contributed by atoms with Gasteiger partial charge in [0.2, 0.25) is 0 Å². The fourth-order valence-electron chi connectivity index (χ4n) is 2.20. The highest BCUT2D eigenvalue weighted by Gasteiger charge is 2.46. The Morgan fingerprint density at radius 2 is 2.00 bits per heavy atom. The molecule has 3 amide bonds. The molecule has 1 fully saturated rings. The lowest BCUT2D eigenvalue weighted by Crippen LogP contribution is -2.35. The first kappa shape index (κ1) is 15.1. The maximum atomic E-state index is 12.4. The number of urea groups is 1. The fourth-order valence-corrected chi connectivity index (χ4v) is 2.20. The van der Waals surface area contributed by atoms with Crippen molar-refractivity contribution in [3.63, 3.8) is 0 Å². The van der Waals surface area contributed by atoms with E-state index in [2.05, 4.69) is 0 Å². The van der Waals surface area contributed by atoms with Crippen molar-refractivity contribution in [2.24, 2.45) is 0 Å². The van der Waals surface area contributed by atoms with Gasteiger partial charge in [0.25, 0.3) is 5.91 Å². The number of amides is 3. The maximum Gasteiger partial charge on any atom is 0.391 e. The molecule has 0 bridgehead atoms. The van der Waals surface area contributed by atoms with Crippen LogP contribution in [-0.4, -0.2) is 31.3 Å². The number of nitrogens with zero attached hydrogens (tertiary/aromatic N) is 1. The molecule has 5 nitrogen and oxygen atoms in total. The maximum absolute atomic E-state index is 12.4. The fraction of sp³-hybridized carbons (Fsp3) is 0.385. The van der Waals surface area contributed by atoms with Crippen molar-refractivity contribution in [2.45, 2.75) is 25.6 Å². The van der Waals surface area contributed by atoms with Gasteiger partial charge < -0.3 is 10.1 Å². The molecule has 1 saturated heterocycles. The molecule has 0 aromatic heterocycles. The van der Waals surface area contributed by atoms with E-state index in [1.54, 1.807) is 19.1 Å². The van der Waals surface area contributed by atoms with E-state index in [-0.39, 0.29) is 11.4 Å². The van der Waals surface area contributed by atoms with Crippen LogP contribution < -0.4 is 15.0 Å². The number of imide groups is 1. The summed E-state index contributed by atoms with van der Waals surface area (Å²) in [6, 6.07) is 2.32. The number of benzene rings is 1. The predicted molar refractivity (Wildman–Crippen MR) is 68.2 cm³/mol. The highest BCUT2D eigenvalue weighted by molar-refractivity contribution is 6.22. The molecule has 2 rings (SSSR count). The molecule has 0 saturated carbocycles. The van der Waals surface area contributed by atoms with Gasteiger partial charge >= 0.3 is 12.2 Å². The van der Waals surface area contributed by atoms with Crippen LogP contribution in [0.5, 0.6) is 5.75 Å². The number of nitrogens with one attached hydrogen (secondary N) is 1. The summed E-state index contributed by atoms with van der Waals surface area (Å²) in [6.45, 7) is 1.63. The minimum Gasteiger partial charge on any atom is -0.495 e. The monoisotopic (exact) mass is 302 g/mol. The lowest BCUT2D eigenvalue weighted by Gasteiger charge is -2.19. The molecule has 0 radical (unpaired) electrons. The van der Waals surface area contributed by atoms with Gasteiger partial charge in [-0.25, -0.2) is 9.69 Å². The van der Waals surface area contributed by atoms with Crippen molar-refractivity contribution in [3.05, 3.63) is 23.8 Å². The summed E-state index contributed by atoms with van der Waals surface area (Å²) >= 11 is 0. The van der Waals surface area contributed by atoms with E-state index in [1.807, 2.05) is 5.32 Å². The van der Waals surface area contributed by atoms with E-state index in [1.165, 1.54) is 13.2 Å². The van der Waals surface area contributed by atoms with Crippen LogP contribution in [0.1, 0.15) is 12.0 Å². The molecule has 1 aliphatic heterocycles. The molecule has 21 heavy (non-hydrogen) atoms. The lowest BCUT2D eigenvalue weighted by atomic mass is 10.1. The van der Waals surface area contributed by atoms with E-state index >= 15 is 0 Å². The van der Waals surface area contributed by atoms with Crippen LogP contribution in [0.25, 0.3) is 0 Å². The summed E-state index contributed by atoms with van der Waals surface area (Å²) in [6.07, 6.45) is -5.94. The highest BCUT2D eigenvalue weighted by Crippen LogP contribution is 2.35. The normalized spacial score (nSPS) is 18.9. The molecule has 0 unspecified atom stereocenters. The second-order valence-corrected chi connectivity index (χ2v) is 4.62. The topological polar surface area (TPSA) is 58.6 Å². The average Bonchev–Trinajstić information content (AvgIpc) is 2.63. The second-order valence-electron chi connectivity index (χ2n) is 4.62. The Hall–Kier alpha value is -2.25. The third-order valence-electron chi connectivity index (χ3n) is 3.10. The highest BCUT2D eigenvalue weighted by atomic mass is 19.4.